The van der Waals surface area contributed by atoms with Crippen LogP contribution in [0.5, 0.6) is 0 Å². The third-order valence-corrected chi connectivity index (χ3v) is 7.29. The molecule has 1 aliphatic carbocycles. The Hall–Kier alpha value is -2.54. The van der Waals surface area contributed by atoms with Crippen molar-refractivity contribution < 1.29 is 9.90 Å². The van der Waals surface area contributed by atoms with E-state index >= 15 is 0 Å². The van der Waals surface area contributed by atoms with E-state index in [4.69, 9.17) is 17.3 Å². The first kappa shape index (κ1) is 19.4. The van der Waals surface area contributed by atoms with Gasteiger partial charge in [0.1, 0.15) is 5.82 Å². The lowest BCUT2D eigenvalue weighted by atomic mass is 9.82. The molecule has 0 saturated carbocycles. The number of nitrogens with two attached hydrogens (primary N) is 1. The van der Waals surface area contributed by atoms with E-state index in [9.17, 15) is 9.90 Å². The van der Waals surface area contributed by atoms with E-state index < -0.39 is 6.09 Å². The molecule has 0 radical (unpaired) electrons. The maximum atomic E-state index is 11.7. The maximum absolute atomic E-state index is 11.7. The van der Waals surface area contributed by atoms with Gasteiger partial charge in [-0.2, -0.15) is 4.98 Å². The Kier molecular flexibility index (Phi) is 4.93. The van der Waals surface area contributed by atoms with Crippen LogP contribution in [0, 0.1) is 5.92 Å². The summed E-state index contributed by atoms with van der Waals surface area (Å²) < 4.78 is 0. The number of rotatable bonds is 2. The highest BCUT2D eigenvalue weighted by Gasteiger charge is 2.42. The molecule has 3 N–H and O–H groups in total. The second-order valence-corrected chi connectivity index (χ2v) is 9.05. The summed E-state index contributed by atoms with van der Waals surface area (Å²) in [6.45, 7) is 2.12. The summed E-state index contributed by atoms with van der Waals surface area (Å²) >= 11 is 6.44. The van der Waals surface area contributed by atoms with Crippen LogP contribution in [0.2, 0.25) is 5.02 Å². The molecule has 158 valence electrons. The molecule has 3 aliphatic rings. The summed E-state index contributed by atoms with van der Waals surface area (Å²) in [5, 5.41) is 10.4. The SMILES string of the molecule is Nc1nc2c(c(N3C[C@H]4CCCN(C(=O)O)[C@H]4C3)n1)CCC(c1ccccc1Cl)C2. The number of piperidine rings is 1. The third kappa shape index (κ3) is 3.35. The minimum atomic E-state index is -0.821. The normalized spacial score (nSPS) is 25.7. The fourth-order valence-corrected chi connectivity index (χ4v) is 5.83. The summed E-state index contributed by atoms with van der Waals surface area (Å²) in [6.07, 6.45) is 3.81. The van der Waals surface area contributed by atoms with E-state index in [1.165, 1.54) is 0 Å². The van der Waals surface area contributed by atoms with Crippen molar-refractivity contribution >= 4 is 29.5 Å². The van der Waals surface area contributed by atoms with E-state index in [1.54, 1.807) is 4.90 Å². The van der Waals surface area contributed by atoms with Gasteiger partial charge in [0.2, 0.25) is 5.95 Å². The summed E-state index contributed by atoms with van der Waals surface area (Å²) in [7, 11) is 0. The molecule has 3 heterocycles. The Bertz CT molecular complexity index is 984. The van der Waals surface area contributed by atoms with Crippen LogP contribution in [0.15, 0.2) is 24.3 Å². The van der Waals surface area contributed by atoms with E-state index in [2.05, 4.69) is 20.9 Å². The lowest BCUT2D eigenvalue weighted by molar-refractivity contribution is 0.0965. The number of hydrogen-bond donors (Lipinski definition) is 2. The number of nitrogens with zero attached hydrogens (tertiary/aromatic N) is 4. The van der Waals surface area contributed by atoms with Crippen LogP contribution in [0.25, 0.3) is 0 Å². The zero-order valence-electron chi connectivity index (χ0n) is 16.8. The lowest BCUT2D eigenvalue weighted by Crippen LogP contribution is -2.47. The molecule has 5 rings (SSSR count). The molecule has 1 unspecified atom stereocenters. The van der Waals surface area contributed by atoms with Gasteiger partial charge in [-0.3, -0.25) is 0 Å². The number of aromatic nitrogens is 2. The summed E-state index contributed by atoms with van der Waals surface area (Å²) in [5.41, 5.74) is 9.43. The monoisotopic (exact) mass is 427 g/mol. The van der Waals surface area contributed by atoms with Crippen LogP contribution < -0.4 is 10.6 Å². The first-order valence-corrected chi connectivity index (χ1v) is 11.0. The standard InChI is InChI=1S/C22H26ClN5O2/c23-17-6-2-1-5-15(17)13-7-8-16-18(10-13)25-21(24)26-20(16)27-11-14-4-3-9-28(22(29)30)19(14)12-27/h1-2,5-6,13-14,19H,3-4,7-12H2,(H,29,30)(H2,24,25,26)/t13?,14-,19+/m1/s1. The number of likely N-dealkylation sites (tertiary alicyclic amines) is 1. The van der Waals surface area contributed by atoms with Gasteiger partial charge in [0.15, 0.2) is 0 Å². The number of fused-ring (bicyclic) bond motifs is 2. The van der Waals surface area contributed by atoms with Gasteiger partial charge >= 0.3 is 6.09 Å². The molecular formula is C22H26ClN5O2. The van der Waals surface area contributed by atoms with Gasteiger partial charge in [0.05, 0.1) is 11.7 Å². The Balaban J connectivity index is 1.43. The third-order valence-electron chi connectivity index (χ3n) is 6.94. The number of halogens is 1. The number of anilines is 2. The van der Waals surface area contributed by atoms with Crippen LogP contribution in [-0.2, 0) is 12.8 Å². The molecular weight excluding hydrogens is 402 g/mol. The van der Waals surface area contributed by atoms with Crippen molar-refractivity contribution in [3.63, 3.8) is 0 Å². The van der Waals surface area contributed by atoms with Crippen molar-refractivity contribution in [1.82, 2.24) is 14.9 Å². The predicted molar refractivity (Wildman–Crippen MR) is 116 cm³/mol. The summed E-state index contributed by atoms with van der Waals surface area (Å²) in [4.78, 5) is 24.7. The molecule has 2 fully saturated rings. The number of carbonyl (C=O) groups is 1. The first-order valence-electron chi connectivity index (χ1n) is 10.7. The number of amides is 1. The topological polar surface area (TPSA) is 95.6 Å². The van der Waals surface area contributed by atoms with Crippen molar-refractivity contribution in [3.8, 4) is 0 Å². The van der Waals surface area contributed by atoms with E-state index in [-0.39, 0.29) is 12.0 Å². The van der Waals surface area contributed by atoms with Crippen LogP contribution in [0.1, 0.15) is 42.0 Å². The van der Waals surface area contributed by atoms with Crippen LogP contribution in [0.3, 0.4) is 0 Å². The van der Waals surface area contributed by atoms with E-state index in [0.717, 1.165) is 66.3 Å². The predicted octanol–water partition coefficient (Wildman–Crippen LogP) is 3.56. The molecule has 1 aromatic heterocycles. The zero-order chi connectivity index (χ0) is 20.8. The highest BCUT2D eigenvalue weighted by molar-refractivity contribution is 6.31. The molecule has 2 saturated heterocycles. The number of hydrogen-bond acceptors (Lipinski definition) is 5. The largest absolute Gasteiger partial charge is 0.465 e. The second-order valence-electron chi connectivity index (χ2n) is 8.64. The van der Waals surface area contributed by atoms with Gasteiger partial charge in [-0.25, -0.2) is 9.78 Å². The first-order chi connectivity index (χ1) is 14.5. The Morgan fingerprint density at radius 2 is 2.03 bits per heavy atom. The second kappa shape index (κ2) is 7.61. The Morgan fingerprint density at radius 3 is 2.83 bits per heavy atom. The van der Waals surface area contributed by atoms with Gasteiger partial charge in [-0.1, -0.05) is 29.8 Å². The minimum absolute atomic E-state index is 0.0301. The van der Waals surface area contributed by atoms with E-state index in [1.807, 2.05) is 18.2 Å². The van der Waals surface area contributed by atoms with Crippen molar-refractivity contribution in [2.45, 2.75) is 44.1 Å². The molecule has 30 heavy (non-hydrogen) atoms. The Morgan fingerprint density at radius 1 is 1.20 bits per heavy atom. The highest BCUT2D eigenvalue weighted by Crippen LogP contribution is 2.40. The van der Waals surface area contributed by atoms with Gasteiger partial charge < -0.3 is 20.6 Å². The van der Waals surface area contributed by atoms with Crippen molar-refractivity contribution in [1.29, 1.82) is 0 Å². The molecule has 3 atom stereocenters. The molecule has 1 amide bonds. The highest BCUT2D eigenvalue weighted by atomic mass is 35.5. The fraction of sp³-hybridized carbons (Fsp3) is 0.500. The van der Waals surface area contributed by atoms with E-state index in [0.29, 0.717) is 24.9 Å². The van der Waals surface area contributed by atoms with Crippen molar-refractivity contribution in [2.24, 2.45) is 5.92 Å². The van der Waals surface area contributed by atoms with Gasteiger partial charge in [0.25, 0.3) is 0 Å². The quantitative estimate of drug-likeness (QED) is 0.760. The van der Waals surface area contributed by atoms with Gasteiger partial charge in [-0.05, 0) is 55.6 Å². The molecule has 2 aliphatic heterocycles. The van der Waals surface area contributed by atoms with Crippen LogP contribution in [0.4, 0.5) is 16.6 Å². The van der Waals surface area contributed by atoms with Crippen LogP contribution in [-0.4, -0.2) is 51.7 Å². The number of benzene rings is 1. The average molecular weight is 428 g/mol. The molecule has 0 bridgehead atoms. The fourth-order valence-electron chi connectivity index (χ4n) is 5.54. The van der Waals surface area contributed by atoms with Crippen molar-refractivity contribution in [2.75, 3.05) is 30.3 Å². The zero-order valence-corrected chi connectivity index (χ0v) is 17.6. The summed E-state index contributed by atoms with van der Waals surface area (Å²) in [5.74, 6) is 1.85. The average Bonchev–Trinajstić information content (AvgIpc) is 3.17. The summed E-state index contributed by atoms with van der Waals surface area (Å²) in [6, 6.07) is 8.04. The Labute approximate surface area is 180 Å². The van der Waals surface area contributed by atoms with Crippen LogP contribution >= 0.6 is 11.6 Å². The molecule has 7 nitrogen and oxygen atoms in total. The number of nitrogen functional groups attached to an aromatic ring is 1. The lowest BCUT2D eigenvalue weighted by Gasteiger charge is -2.34. The molecule has 0 spiro atoms. The molecule has 8 heteroatoms. The molecule has 1 aromatic carbocycles. The smallest absolute Gasteiger partial charge is 0.407 e. The van der Waals surface area contributed by atoms with Gasteiger partial charge in [-0.15, -0.1) is 0 Å². The minimum Gasteiger partial charge on any atom is -0.465 e. The maximum Gasteiger partial charge on any atom is 0.407 e. The van der Waals surface area contributed by atoms with Crippen molar-refractivity contribution in [3.05, 3.63) is 46.1 Å². The molecule has 2 aromatic rings. The van der Waals surface area contributed by atoms with Gasteiger partial charge in [0, 0.05) is 30.2 Å². The number of carboxylic acid groups (broad SMARTS) is 1.